The molecule has 2 N–H and O–H groups in total. The highest BCUT2D eigenvalue weighted by Gasteiger charge is 2.32. The molecule has 19 heavy (non-hydrogen) atoms. The van der Waals surface area contributed by atoms with Gasteiger partial charge >= 0.3 is 0 Å². The van der Waals surface area contributed by atoms with Gasteiger partial charge in [0.05, 0.1) is 5.92 Å². The summed E-state index contributed by atoms with van der Waals surface area (Å²) in [6, 6.07) is 0.702. The van der Waals surface area contributed by atoms with Crippen molar-refractivity contribution in [2.24, 2.45) is 5.92 Å². The average Bonchev–Trinajstić information content (AvgIpc) is 2.75. The second-order valence-electron chi connectivity index (χ2n) is 7.08. The van der Waals surface area contributed by atoms with Gasteiger partial charge < -0.3 is 10.6 Å². The van der Waals surface area contributed by atoms with Gasteiger partial charge in [0, 0.05) is 30.7 Å². The molecule has 0 radical (unpaired) electrons. The molecule has 2 saturated heterocycles. The Morgan fingerprint density at radius 3 is 2.32 bits per heavy atom. The third kappa shape index (κ3) is 3.69. The molecular formula is C15H29N3O. The Bertz CT molecular complexity index is 316. The molecule has 0 bridgehead atoms. The third-order valence-corrected chi connectivity index (χ3v) is 4.65. The van der Waals surface area contributed by atoms with Crippen molar-refractivity contribution in [3.05, 3.63) is 0 Å². The lowest BCUT2D eigenvalue weighted by atomic mass is 9.96. The number of likely N-dealkylation sites (tertiary alicyclic amines) is 1. The Morgan fingerprint density at radius 1 is 1.21 bits per heavy atom. The zero-order valence-electron chi connectivity index (χ0n) is 12.8. The Kier molecular flexibility index (Phi) is 4.51. The van der Waals surface area contributed by atoms with Gasteiger partial charge in [-0.05, 0) is 53.5 Å². The molecule has 4 nitrogen and oxygen atoms in total. The van der Waals surface area contributed by atoms with Crippen LogP contribution in [0.4, 0.5) is 0 Å². The van der Waals surface area contributed by atoms with E-state index in [-0.39, 0.29) is 17.4 Å². The summed E-state index contributed by atoms with van der Waals surface area (Å²) in [7, 11) is 0. The lowest BCUT2D eigenvalue weighted by Crippen LogP contribution is -2.52. The number of rotatable bonds is 2. The number of hydrogen-bond donors (Lipinski definition) is 2. The summed E-state index contributed by atoms with van der Waals surface area (Å²) in [4.78, 5) is 14.7. The summed E-state index contributed by atoms with van der Waals surface area (Å²) >= 11 is 0. The van der Waals surface area contributed by atoms with E-state index < -0.39 is 0 Å². The van der Waals surface area contributed by atoms with Crippen LogP contribution in [0.2, 0.25) is 0 Å². The number of hydrogen-bond acceptors (Lipinski definition) is 3. The lowest BCUT2D eigenvalue weighted by Gasteiger charge is -2.41. The Morgan fingerprint density at radius 2 is 1.84 bits per heavy atom. The van der Waals surface area contributed by atoms with Crippen LogP contribution >= 0.6 is 0 Å². The highest BCUT2D eigenvalue weighted by Crippen LogP contribution is 2.21. The maximum atomic E-state index is 12.2. The number of carbonyl (C=O) groups excluding carboxylic acids is 1. The molecule has 0 saturated carbocycles. The number of piperidine rings is 1. The fourth-order valence-electron chi connectivity index (χ4n) is 3.22. The van der Waals surface area contributed by atoms with E-state index >= 15 is 0 Å². The molecule has 2 heterocycles. The lowest BCUT2D eigenvalue weighted by molar-refractivity contribution is -0.126. The number of nitrogens with one attached hydrogen (secondary N) is 2. The fraction of sp³-hybridized carbons (Fsp3) is 0.933. The first-order chi connectivity index (χ1) is 8.88. The van der Waals surface area contributed by atoms with E-state index in [1.54, 1.807) is 0 Å². The molecule has 4 heteroatoms. The van der Waals surface area contributed by atoms with Gasteiger partial charge in [-0.25, -0.2) is 0 Å². The van der Waals surface area contributed by atoms with Gasteiger partial charge in [-0.1, -0.05) is 0 Å². The summed E-state index contributed by atoms with van der Waals surface area (Å²) in [5.41, 5.74) is 0.249. The van der Waals surface area contributed by atoms with Crippen LogP contribution in [0.25, 0.3) is 0 Å². The molecule has 0 aromatic rings. The predicted molar refractivity (Wildman–Crippen MR) is 78.1 cm³/mol. The zero-order chi connectivity index (χ0) is 14.0. The van der Waals surface area contributed by atoms with E-state index in [0.717, 1.165) is 38.9 Å². The Hall–Kier alpha value is -0.610. The molecule has 0 aromatic carbocycles. The zero-order valence-corrected chi connectivity index (χ0v) is 12.8. The van der Waals surface area contributed by atoms with Crippen molar-refractivity contribution in [1.82, 2.24) is 15.5 Å². The molecule has 2 fully saturated rings. The summed E-state index contributed by atoms with van der Waals surface area (Å²) < 4.78 is 0. The maximum Gasteiger partial charge on any atom is 0.224 e. The first-order valence-electron chi connectivity index (χ1n) is 7.67. The largest absolute Gasteiger partial charge is 0.353 e. The van der Waals surface area contributed by atoms with Crippen molar-refractivity contribution in [2.75, 3.05) is 19.6 Å². The number of carbonyl (C=O) groups is 1. The summed E-state index contributed by atoms with van der Waals surface area (Å²) in [6.45, 7) is 12.0. The van der Waals surface area contributed by atoms with Crippen LogP contribution in [0.5, 0.6) is 0 Å². The van der Waals surface area contributed by atoms with Crippen molar-refractivity contribution in [3.8, 4) is 0 Å². The molecule has 0 aliphatic carbocycles. The topological polar surface area (TPSA) is 44.4 Å². The minimum Gasteiger partial charge on any atom is -0.353 e. The van der Waals surface area contributed by atoms with E-state index in [0.29, 0.717) is 12.1 Å². The molecule has 0 aromatic heterocycles. The minimum atomic E-state index is 0.167. The smallest absolute Gasteiger partial charge is 0.224 e. The van der Waals surface area contributed by atoms with Crippen LogP contribution in [-0.2, 0) is 4.79 Å². The van der Waals surface area contributed by atoms with Gasteiger partial charge in [-0.15, -0.1) is 0 Å². The minimum absolute atomic E-state index is 0.167. The van der Waals surface area contributed by atoms with Crippen LogP contribution < -0.4 is 10.6 Å². The molecular weight excluding hydrogens is 238 g/mol. The van der Waals surface area contributed by atoms with Crippen molar-refractivity contribution in [2.45, 2.75) is 64.6 Å². The average molecular weight is 267 g/mol. The Labute approximate surface area is 117 Å². The van der Waals surface area contributed by atoms with E-state index in [2.05, 4.69) is 43.2 Å². The molecule has 0 spiro atoms. The first kappa shape index (κ1) is 14.8. The van der Waals surface area contributed by atoms with Crippen molar-refractivity contribution < 1.29 is 4.79 Å². The standard InChI is InChI=1S/C15H29N3O/c1-11-13(5-8-16-11)14(19)17-12-6-9-18(10-7-12)15(2,3)4/h11-13,16H,5-10H2,1-4H3,(H,17,19). The first-order valence-corrected chi connectivity index (χ1v) is 7.67. The normalized spacial score (nSPS) is 30.5. The van der Waals surface area contributed by atoms with Crippen LogP contribution in [0.3, 0.4) is 0 Å². The molecule has 2 unspecified atom stereocenters. The molecule has 2 aliphatic rings. The van der Waals surface area contributed by atoms with Crippen LogP contribution in [0.1, 0.15) is 47.0 Å². The molecule has 110 valence electrons. The van der Waals surface area contributed by atoms with E-state index in [1.807, 2.05) is 0 Å². The predicted octanol–water partition coefficient (Wildman–Crippen LogP) is 1.36. The van der Waals surface area contributed by atoms with Crippen molar-refractivity contribution in [3.63, 3.8) is 0 Å². The number of amides is 1. The van der Waals surface area contributed by atoms with Gasteiger partial charge in [-0.2, -0.15) is 0 Å². The second-order valence-corrected chi connectivity index (χ2v) is 7.08. The molecule has 2 rings (SSSR count). The van der Waals surface area contributed by atoms with Crippen LogP contribution in [0, 0.1) is 5.92 Å². The second kappa shape index (κ2) is 5.80. The summed E-state index contributed by atoms with van der Waals surface area (Å²) in [6.07, 6.45) is 3.14. The molecule has 2 aliphatic heterocycles. The van der Waals surface area contributed by atoms with Gasteiger partial charge in [0.1, 0.15) is 0 Å². The van der Waals surface area contributed by atoms with Gasteiger partial charge in [0.25, 0.3) is 0 Å². The van der Waals surface area contributed by atoms with Crippen LogP contribution in [0.15, 0.2) is 0 Å². The SMILES string of the molecule is CC1NCCC1C(=O)NC1CCN(C(C)(C)C)CC1. The third-order valence-electron chi connectivity index (χ3n) is 4.65. The fourth-order valence-corrected chi connectivity index (χ4v) is 3.22. The molecule has 2 atom stereocenters. The van der Waals surface area contributed by atoms with E-state index in [4.69, 9.17) is 0 Å². The van der Waals surface area contributed by atoms with Gasteiger partial charge in [0.15, 0.2) is 0 Å². The van der Waals surface area contributed by atoms with Crippen LogP contribution in [-0.4, -0.2) is 48.1 Å². The highest BCUT2D eigenvalue weighted by molar-refractivity contribution is 5.80. The van der Waals surface area contributed by atoms with Gasteiger partial charge in [0.2, 0.25) is 5.91 Å². The molecule has 1 amide bonds. The maximum absolute atomic E-state index is 12.2. The van der Waals surface area contributed by atoms with E-state index in [1.165, 1.54) is 0 Å². The summed E-state index contributed by atoms with van der Waals surface area (Å²) in [5, 5.41) is 6.60. The van der Waals surface area contributed by atoms with E-state index in [9.17, 15) is 4.79 Å². The number of nitrogens with zero attached hydrogens (tertiary/aromatic N) is 1. The van der Waals surface area contributed by atoms with Crippen molar-refractivity contribution in [1.29, 1.82) is 0 Å². The quantitative estimate of drug-likeness (QED) is 0.794. The Balaban J connectivity index is 1.78. The van der Waals surface area contributed by atoms with Crippen molar-refractivity contribution >= 4 is 5.91 Å². The van der Waals surface area contributed by atoms with Gasteiger partial charge in [-0.3, -0.25) is 9.69 Å². The highest BCUT2D eigenvalue weighted by atomic mass is 16.2. The summed E-state index contributed by atoms with van der Waals surface area (Å²) in [5.74, 6) is 0.423. The monoisotopic (exact) mass is 267 g/mol.